The van der Waals surface area contributed by atoms with Crippen LogP contribution in [0, 0.1) is 6.92 Å². The summed E-state index contributed by atoms with van der Waals surface area (Å²) in [5.41, 5.74) is 9.74. The first-order chi connectivity index (χ1) is 11.1. The second-order valence-corrected chi connectivity index (χ2v) is 6.08. The number of hydrogen-bond acceptors (Lipinski definition) is 3. The van der Waals surface area contributed by atoms with Crippen molar-refractivity contribution in [3.05, 3.63) is 42.0 Å². The summed E-state index contributed by atoms with van der Waals surface area (Å²) < 4.78 is 2.02. The van der Waals surface area contributed by atoms with Crippen LogP contribution in [0.15, 0.2) is 36.4 Å². The van der Waals surface area contributed by atoms with E-state index in [-0.39, 0.29) is 11.8 Å². The SMILES string of the molecule is Cc1cc2c3ccccc3n(C3CCC(=O)NC3=O)c2cc1N. The largest absolute Gasteiger partial charge is 0.398 e. The number of nitrogens with two attached hydrogens (primary N) is 1. The Bertz CT molecular complexity index is 971. The number of benzene rings is 2. The van der Waals surface area contributed by atoms with Gasteiger partial charge in [-0.05, 0) is 37.1 Å². The number of carbonyl (C=O) groups is 2. The molecule has 1 atom stereocenters. The summed E-state index contributed by atoms with van der Waals surface area (Å²) in [5.74, 6) is -0.453. The first-order valence-corrected chi connectivity index (χ1v) is 7.68. The predicted octanol–water partition coefficient (Wildman–Crippen LogP) is 2.66. The molecule has 1 aliphatic rings. The summed E-state index contributed by atoms with van der Waals surface area (Å²) in [6.07, 6.45) is 0.859. The van der Waals surface area contributed by atoms with Crippen molar-refractivity contribution in [1.29, 1.82) is 0 Å². The van der Waals surface area contributed by atoms with Crippen molar-refractivity contribution in [1.82, 2.24) is 9.88 Å². The number of nitrogens with one attached hydrogen (secondary N) is 1. The number of piperidine rings is 1. The molecule has 0 bridgehead atoms. The van der Waals surface area contributed by atoms with Crippen molar-refractivity contribution >= 4 is 39.3 Å². The quantitative estimate of drug-likeness (QED) is 0.536. The lowest BCUT2D eigenvalue weighted by atomic mass is 10.1. The van der Waals surface area contributed by atoms with E-state index in [0.29, 0.717) is 18.5 Å². The van der Waals surface area contributed by atoms with Crippen LogP contribution >= 0.6 is 0 Å². The summed E-state index contributed by atoms with van der Waals surface area (Å²) in [4.78, 5) is 23.8. The molecule has 23 heavy (non-hydrogen) atoms. The molecular weight excluding hydrogens is 290 g/mol. The number of anilines is 1. The number of carbonyl (C=O) groups excluding carboxylic acids is 2. The number of amides is 2. The van der Waals surface area contributed by atoms with Crippen LogP contribution in [0.5, 0.6) is 0 Å². The van der Waals surface area contributed by atoms with E-state index in [1.165, 1.54) is 0 Å². The molecule has 1 aliphatic heterocycles. The summed E-state index contributed by atoms with van der Waals surface area (Å²) in [6, 6.07) is 11.6. The van der Waals surface area contributed by atoms with Gasteiger partial charge in [-0.25, -0.2) is 0 Å². The van der Waals surface area contributed by atoms with E-state index in [0.717, 1.165) is 27.4 Å². The Balaban J connectivity index is 2.05. The van der Waals surface area contributed by atoms with E-state index >= 15 is 0 Å². The molecule has 1 unspecified atom stereocenters. The standard InChI is InChI=1S/C18H17N3O2/c1-10-8-12-11-4-2-3-5-14(11)21(16(12)9-13(10)19)15-6-7-17(22)20-18(15)23/h2-5,8-9,15H,6-7,19H2,1H3,(H,20,22,23). The lowest BCUT2D eigenvalue weighted by molar-refractivity contribution is -0.135. The first kappa shape index (κ1) is 13.8. The average Bonchev–Trinajstić information content (AvgIpc) is 2.82. The summed E-state index contributed by atoms with van der Waals surface area (Å²) in [7, 11) is 0. The van der Waals surface area contributed by atoms with Crippen LogP contribution in [0.2, 0.25) is 0 Å². The molecule has 3 aromatic rings. The van der Waals surface area contributed by atoms with Crippen LogP contribution < -0.4 is 11.1 Å². The molecule has 2 aromatic carbocycles. The average molecular weight is 307 g/mol. The number of imide groups is 1. The Labute approximate surface area is 133 Å². The molecule has 1 fully saturated rings. The van der Waals surface area contributed by atoms with Gasteiger partial charge in [0.25, 0.3) is 0 Å². The molecule has 2 amide bonds. The van der Waals surface area contributed by atoms with Crippen molar-refractivity contribution in [2.75, 3.05) is 5.73 Å². The van der Waals surface area contributed by atoms with Crippen LogP contribution in [0.25, 0.3) is 21.8 Å². The molecule has 116 valence electrons. The number of nitrogens with zero attached hydrogens (tertiary/aromatic N) is 1. The van der Waals surface area contributed by atoms with Crippen molar-refractivity contribution in [2.45, 2.75) is 25.8 Å². The third kappa shape index (κ3) is 2.00. The lowest BCUT2D eigenvalue weighted by Gasteiger charge is -2.24. The van der Waals surface area contributed by atoms with Crippen molar-refractivity contribution < 1.29 is 9.59 Å². The fourth-order valence-electron chi connectivity index (χ4n) is 3.43. The lowest BCUT2D eigenvalue weighted by Crippen LogP contribution is -2.41. The third-order valence-corrected chi connectivity index (χ3v) is 4.62. The summed E-state index contributed by atoms with van der Waals surface area (Å²) >= 11 is 0. The van der Waals surface area contributed by atoms with Crippen LogP contribution in [0.1, 0.15) is 24.4 Å². The highest BCUT2D eigenvalue weighted by Crippen LogP contribution is 2.36. The van der Waals surface area contributed by atoms with Gasteiger partial charge >= 0.3 is 0 Å². The van der Waals surface area contributed by atoms with Gasteiger partial charge in [0.15, 0.2) is 0 Å². The number of nitrogen functional groups attached to an aromatic ring is 1. The smallest absolute Gasteiger partial charge is 0.249 e. The van der Waals surface area contributed by atoms with Crippen molar-refractivity contribution in [3.8, 4) is 0 Å². The zero-order chi connectivity index (χ0) is 16.1. The molecule has 2 heterocycles. The van der Waals surface area contributed by atoms with Crippen LogP contribution in [0.4, 0.5) is 5.69 Å². The molecule has 0 aliphatic carbocycles. The number of para-hydroxylation sites is 1. The zero-order valence-electron chi connectivity index (χ0n) is 12.8. The van der Waals surface area contributed by atoms with Crippen molar-refractivity contribution in [3.63, 3.8) is 0 Å². The minimum absolute atomic E-state index is 0.206. The van der Waals surface area contributed by atoms with Gasteiger partial charge in [-0.15, -0.1) is 0 Å². The Hall–Kier alpha value is -2.82. The fraction of sp³-hybridized carbons (Fsp3) is 0.222. The summed E-state index contributed by atoms with van der Waals surface area (Å²) in [6.45, 7) is 1.98. The Morgan fingerprint density at radius 2 is 1.91 bits per heavy atom. The van der Waals surface area contributed by atoms with E-state index in [9.17, 15) is 9.59 Å². The zero-order valence-corrected chi connectivity index (χ0v) is 12.8. The second-order valence-electron chi connectivity index (χ2n) is 6.08. The highest BCUT2D eigenvalue weighted by atomic mass is 16.2. The van der Waals surface area contributed by atoms with Gasteiger partial charge in [-0.1, -0.05) is 18.2 Å². The molecule has 1 aromatic heterocycles. The monoisotopic (exact) mass is 307 g/mol. The Morgan fingerprint density at radius 1 is 1.13 bits per heavy atom. The van der Waals surface area contributed by atoms with E-state index in [2.05, 4.69) is 17.4 Å². The second kappa shape index (κ2) is 4.84. The van der Waals surface area contributed by atoms with Gasteiger partial charge in [-0.2, -0.15) is 0 Å². The Kier molecular flexibility index (Phi) is 2.91. The van der Waals surface area contributed by atoms with Gasteiger partial charge < -0.3 is 10.3 Å². The van der Waals surface area contributed by atoms with Gasteiger partial charge in [0.1, 0.15) is 6.04 Å². The highest BCUT2D eigenvalue weighted by Gasteiger charge is 2.30. The molecule has 0 saturated carbocycles. The van der Waals surface area contributed by atoms with Crippen LogP contribution in [0.3, 0.4) is 0 Å². The minimum atomic E-state index is -0.391. The maximum Gasteiger partial charge on any atom is 0.249 e. The topological polar surface area (TPSA) is 77.1 Å². The van der Waals surface area contributed by atoms with Gasteiger partial charge in [0.2, 0.25) is 11.8 Å². The highest BCUT2D eigenvalue weighted by molar-refractivity contribution is 6.11. The Morgan fingerprint density at radius 3 is 2.70 bits per heavy atom. The number of fused-ring (bicyclic) bond motifs is 3. The normalized spacial score (nSPS) is 18.6. The van der Waals surface area contributed by atoms with E-state index < -0.39 is 6.04 Å². The first-order valence-electron chi connectivity index (χ1n) is 7.68. The van der Waals surface area contributed by atoms with E-state index in [1.807, 2.05) is 35.8 Å². The molecule has 4 rings (SSSR count). The fourth-order valence-corrected chi connectivity index (χ4v) is 3.43. The molecule has 5 nitrogen and oxygen atoms in total. The molecular formula is C18H17N3O2. The number of rotatable bonds is 1. The third-order valence-electron chi connectivity index (χ3n) is 4.62. The number of aryl methyl sites for hydroxylation is 1. The summed E-state index contributed by atoms with van der Waals surface area (Å²) in [5, 5.41) is 4.62. The van der Waals surface area contributed by atoms with Gasteiger partial charge in [-0.3, -0.25) is 14.9 Å². The number of aromatic nitrogens is 1. The minimum Gasteiger partial charge on any atom is -0.398 e. The maximum absolute atomic E-state index is 12.4. The molecule has 0 radical (unpaired) electrons. The molecule has 3 N–H and O–H groups in total. The van der Waals surface area contributed by atoms with Gasteiger partial charge in [0.05, 0.1) is 5.52 Å². The maximum atomic E-state index is 12.4. The molecule has 0 spiro atoms. The van der Waals surface area contributed by atoms with E-state index in [4.69, 9.17) is 5.73 Å². The van der Waals surface area contributed by atoms with Gasteiger partial charge in [0, 0.05) is 28.4 Å². The van der Waals surface area contributed by atoms with Crippen LogP contribution in [-0.4, -0.2) is 16.4 Å². The molecule has 1 saturated heterocycles. The molecule has 5 heteroatoms. The van der Waals surface area contributed by atoms with Crippen LogP contribution in [-0.2, 0) is 9.59 Å². The predicted molar refractivity (Wildman–Crippen MR) is 90.0 cm³/mol. The van der Waals surface area contributed by atoms with E-state index in [1.54, 1.807) is 0 Å². The number of hydrogen-bond donors (Lipinski definition) is 2. The van der Waals surface area contributed by atoms with Crippen molar-refractivity contribution in [2.24, 2.45) is 0 Å².